The summed E-state index contributed by atoms with van der Waals surface area (Å²) in [5.74, 6) is 0. The molecule has 0 atom stereocenters. The van der Waals surface area contributed by atoms with E-state index in [1.165, 1.54) is 12.4 Å². The van der Waals surface area contributed by atoms with E-state index in [2.05, 4.69) is 20.2 Å². The van der Waals surface area contributed by atoms with Gasteiger partial charge < -0.3 is 4.98 Å². The van der Waals surface area contributed by atoms with Gasteiger partial charge in [0.1, 0.15) is 11.4 Å². The molecule has 0 aliphatic heterocycles. The van der Waals surface area contributed by atoms with Crippen molar-refractivity contribution < 1.29 is 0 Å². The Morgan fingerprint density at radius 2 is 2.23 bits per heavy atom. The zero-order valence-corrected chi connectivity index (χ0v) is 6.64. The average molecular weight is 174 g/mol. The van der Waals surface area contributed by atoms with Crippen molar-refractivity contribution in [3.63, 3.8) is 0 Å². The van der Waals surface area contributed by atoms with E-state index in [0.717, 1.165) is 0 Å². The maximum atomic E-state index is 10.7. The number of aromatic nitrogens is 4. The molecule has 0 saturated heterocycles. The zero-order chi connectivity index (χ0) is 9.10. The van der Waals surface area contributed by atoms with Crippen molar-refractivity contribution in [1.82, 2.24) is 20.2 Å². The number of rotatable bonds is 1. The molecule has 0 aliphatic carbocycles. The van der Waals surface area contributed by atoms with Gasteiger partial charge in [-0.3, -0.25) is 4.79 Å². The van der Waals surface area contributed by atoms with Gasteiger partial charge in [-0.2, -0.15) is 5.10 Å². The smallest absolute Gasteiger partial charge is 0.266 e. The van der Waals surface area contributed by atoms with E-state index < -0.39 is 0 Å². The average Bonchev–Trinajstić information content (AvgIpc) is 2.20. The van der Waals surface area contributed by atoms with Crippen LogP contribution in [0, 0.1) is 0 Å². The number of aromatic amines is 1. The molecule has 0 amide bonds. The largest absolute Gasteiger partial charge is 0.326 e. The maximum absolute atomic E-state index is 10.7. The molecule has 13 heavy (non-hydrogen) atoms. The quantitative estimate of drug-likeness (QED) is 0.671. The fourth-order valence-electron chi connectivity index (χ4n) is 0.920. The topological polar surface area (TPSA) is 71.5 Å². The predicted molar refractivity (Wildman–Crippen MR) is 45.9 cm³/mol. The molecule has 5 nitrogen and oxygen atoms in total. The molecule has 0 fully saturated rings. The van der Waals surface area contributed by atoms with Gasteiger partial charge in [0.2, 0.25) is 0 Å². The fraction of sp³-hybridized carbons (Fsp3) is 0. The van der Waals surface area contributed by atoms with Crippen LogP contribution in [0.5, 0.6) is 0 Å². The van der Waals surface area contributed by atoms with Crippen molar-refractivity contribution in [1.29, 1.82) is 0 Å². The number of nitrogens with zero attached hydrogens (tertiary/aromatic N) is 3. The summed E-state index contributed by atoms with van der Waals surface area (Å²) in [5, 5.41) is 7.55. The Morgan fingerprint density at radius 3 is 2.85 bits per heavy atom. The van der Waals surface area contributed by atoms with Crippen LogP contribution < -0.4 is 5.56 Å². The van der Waals surface area contributed by atoms with Gasteiger partial charge in [-0.1, -0.05) is 0 Å². The second kappa shape index (κ2) is 3.14. The summed E-state index contributed by atoms with van der Waals surface area (Å²) >= 11 is 0. The molecule has 0 radical (unpaired) electrons. The van der Waals surface area contributed by atoms with Crippen LogP contribution in [-0.4, -0.2) is 20.2 Å². The highest BCUT2D eigenvalue weighted by molar-refractivity contribution is 5.50. The highest BCUT2D eigenvalue weighted by atomic mass is 16.1. The first kappa shape index (κ1) is 7.60. The van der Waals surface area contributed by atoms with Crippen LogP contribution in [0.3, 0.4) is 0 Å². The third-order valence-electron chi connectivity index (χ3n) is 1.51. The van der Waals surface area contributed by atoms with E-state index in [0.29, 0.717) is 11.4 Å². The summed E-state index contributed by atoms with van der Waals surface area (Å²) in [6.07, 6.45) is 4.30. The van der Waals surface area contributed by atoms with Gasteiger partial charge in [-0.05, 0) is 12.1 Å². The Labute approximate surface area is 73.5 Å². The standard InChI is InChI=1S/C8H6N4O/c13-8-5-9-7(4-10-8)6-2-1-3-11-12-6/h1-5H,(H,10,13). The first-order chi connectivity index (χ1) is 6.36. The zero-order valence-electron chi connectivity index (χ0n) is 6.64. The molecule has 1 N–H and O–H groups in total. The lowest BCUT2D eigenvalue weighted by Gasteiger charge is -1.95. The molecule has 0 unspecified atom stereocenters. The monoisotopic (exact) mass is 174 g/mol. The molecule has 2 aromatic heterocycles. The molecular formula is C8H6N4O. The third-order valence-corrected chi connectivity index (χ3v) is 1.51. The van der Waals surface area contributed by atoms with Crippen molar-refractivity contribution in [3.8, 4) is 11.4 Å². The summed E-state index contributed by atoms with van der Waals surface area (Å²) < 4.78 is 0. The summed E-state index contributed by atoms with van der Waals surface area (Å²) in [7, 11) is 0. The Hall–Kier alpha value is -2.04. The van der Waals surface area contributed by atoms with Gasteiger partial charge >= 0.3 is 0 Å². The van der Waals surface area contributed by atoms with E-state index in [9.17, 15) is 4.79 Å². The van der Waals surface area contributed by atoms with E-state index in [1.807, 2.05) is 0 Å². The van der Waals surface area contributed by atoms with Crippen LogP contribution >= 0.6 is 0 Å². The third kappa shape index (κ3) is 1.58. The maximum Gasteiger partial charge on any atom is 0.266 e. The SMILES string of the molecule is O=c1cnc(-c2cccnn2)c[nH]1. The minimum atomic E-state index is -0.229. The number of hydrogen-bond donors (Lipinski definition) is 1. The molecule has 0 aliphatic rings. The van der Waals surface area contributed by atoms with E-state index in [1.54, 1.807) is 18.3 Å². The van der Waals surface area contributed by atoms with Crippen LogP contribution in [-0.2, 0) is 0 Å². The first-order valence-electron chi connectivity index (χ1n) is 3.69. The lowest BCUT2D eigenvalue weighted by atomic mass is 10.3. The van der Waals surface area contributed by atoms with Crippen molar-refractivity contribution >= 4 is 0 Å². The Bertz CT molecular complexity index is 431. The van der Waals surface area contributed by atoms with Gasteiger partial charge in [-0.15, -0.1) is 5.10 Å². The minimum absolute atomic E-state index is 0.229. The highest BCUT2D eigenvalue weighted by Crippen LogP contribution is 2.07. The van der Waals surface area contributed by atoms with E-state index in [4.69, 9.17) is 0 Å². The van der Waals surface area contributed by atoms with Crippen molar-refractivity contribution in [3.05, 3.63) is 41.1 Å². The second-order valence-corrected chi connectivity index (χ2v) is 2.41. The molecule has 0 saturated carbocycles. The molecule has 0 bridgehead atoms. The molecule has 2 rings (SSSR count). The molecule has 2 heterocycles. The van der Waals surface area contributed by atoms with Crippen molar-refractivity contribution in [2.45, 2.75) is 0 Å². The molecule has 5 heteroatoms. The lowest BCUT2D eigenvalue weighted by Crippen LogP contribution is -2.04. The van der Waals surface area contributed by atoms with Gasteiger partial charge in [0.05, 0.1) is 6.20 Å². The predicted octanol–water partition coefficient (Wildman–Crippen LogP) is 0.227. The van der Waals surface area contributed by atoms with Crippen LogP contribution in [0.2, 0.25) is 0 Å². The minimum Gasteiger partial charge on any atom is -0.326 e. The van der Waals surface area contributed by atoms with Gasteiger partial charge in [0.25, 0.3) is 5.56 Å². The Kier molecular flexibility index (Phi) is 1.84. The fourth-order valence-corrected chi connectivity index (χ4v) is 0.920. The number of hydrogen-bond acceptors (Lipinski definition) is 4. The van der Waals surface area contributed by atoms with E-state index >= 15 is 0 Å². The second-order valence-electron chi connectivity index (χ2n) is 2.41. The summed E-state index contributed by atoms with van der Waals surface area (Å²) in [6.45, 7) is 0. The molecule has 0 spiro atoms. The van der Waals surface area contributed by atoms with Crippen molar-refractivity contribution in [2.24, 2.45) is 0 Å². The summed E-state index contributed by atoms with van der Waals surface area (Å²) in [6, 6.07) is 3.53. The van der Waals surface area contributed by atoms with Gasteiger partial charge in [0.15, 0.2) is 0 Å². The molecule has 64 valence electrons. The van der Waals surface area contributed by atoms with Gasteiger partial charge in [-0.25, -0.2) is 4.98 Å². The number of nitrogens with one attached hydrogen (secondary N) is 1. The molecular weight excluding hydrogens is 168 g/mol. The first-order valence-corrected chi connectivity index (χ1v) is 3.69. The Morgan fingerprint density at radius 1 is 1.31 bits per heavy atom. The van der Waals surface area contributed by atoms with Crippen LogP contribution in [0.4, 0.5) is 0 Å². The highest BCUT2D eigenvalue weighted by Gasteiger charge is 1.98. The summed E-state index contributed by atoms with van der Waals surface area (Å²) in [5.41, 5.74) is 1.01. The molecule has 2 aromatic rings. The van der Waals surface area contributed by atoms with Crippen LogP contribution in [0.1, 0.15) is 0 Å². The van der Waals surface area contributed by atoms with Crippen LogP contribution in [0.25, 0.3) is 11.4 Å². The van der Waals surface area contributed by atoms with Crippen LogP contribution in [0.15, 0.2) is 35.5 Å². The number of H-pyrrole nitrogens is 1. The molecule has 0 aromatic carbocycles. The summed E-state index contributed by atoms with van der Waals surface area (Å²) in [4.78, 5) is 17.1. The lowest BCUT2D eigenvalue weighted by molar-refractivity contribution is 1.02. The van der Waals surface area contributed by atoms with Crippen molar-refractivity contribution in [2.75, 3.05) is 0 Å². The normalized spacial score (nSPS) is 9.85. The Balaban J connectivity index is 2.48. The van der Waals surface area contributed by atoms with E-state index in [-0.39, 0.29) is 5.56 Å². The van der Waals surface area contributed by atoms with Gasteiger partial charge in [0, 0.05) is 12.4 Å².